The Hall–Kier alpha value is -0.890. The van der Waals surface area contributed by atoms with Crippen LogP contribution >= 0.6 is 0 Å². The Morgan fingerprint density at radius 2 is 1.50 bits per heavy atom. The summed E-state index contributed by atoms with van der Waals surface area (Å²) in [6.07, 6.45) is 15.5. The molecule has 0 radical (unpaired) electrons. The standard InChI is InChI=1S/C18H31NO/c1-2-3-4-5-6-7-8-9-10-11-15-18(20)17-14-12-13-16-19-17/h12-14,16,18,20H,2-11,15H2,1H3. The molecule has 1 aromatic rings. The van der Waals surface area contributed by atoms with Crippen LogP contribution in [0, 0.1) is 0 Å². The van der Waals surface area contributed by atoms with Gasteiger partial charge in [0.05, 0.1) is 11.8 Å². The van der Waals surface area contributed by atoms with Gasteiger partial charge in [0.15, 0.2) is 0 Å². The maximum Gasteiger partial charge on any atom is 0.0959 e. The van der Waals surface area contributed by atoms with Crippen LogP contribution in [0.4, 0.5) is 0 Å². The van der Waals surface area contributed by atoms with Crippen molar-refractivity contribution in [1.82, 2.24) is 4.98 Å². The topological polar surface area (TPSA) is 33.1 Å². The second-order valence-corrected chi connectivity index (χ2v) is 5.74. The molecule has 0 amide bonds. The number of aliphatic hydroxyl groups excluding tert-OH is 1. The van der Waals surface area contributed by atoms with E-state index in [2.05, 4.69) is 11.9 Å². The first-order chi connectivity index (χ1) is 9.84. The van der Waals surface area contributed by atoms with E-state index < -0.39 is 0 Å². The van der Waals surface area contributed by atoms with E-state index in [-0.39, 0.29) is 6.10 Å². The fraction of sp³-hybridized carbons (Fsp3) is 0.722. The molecule has 2 nitrogen and oxygen atoms in total. The average molecular weight is 277 g/mol. The third-order valence-electron chi connectivity index (χ3n) is 3.86. The number of nitrogens with zero attached hydrogens (tertiary/aromatic N) is 1. The molecule has 1 N–H and O–H groups in total. The highest BCUT2D eigenvalue weighted by molar-refractivity contribution is 5.06. The predicted octanol–water partition coefficient (Wildman–Crippen LogP) is 5.43. The molecule has 0 aliphatic heterocycles. The lowest BCUT2D eigenvalue weighted by atomic mass is 10.0. The predicted molar refractivity (Wildman–Crippen MR) is 85.7 cm³/mol. The SMILES string of the molecule is CCCCCCCCCCCCC(O)c1ccccn1. The van der Waals surface area contributed by atoms with Crippen molar-refractivity contribution in [3.05, 3.63) is 30.1 Å². The van der Waals surface area contributed by atoms with Gasteiger partial charge in [-0.15, -0.1) is 0 Å². The summed E-state index contributed by atoms with van der Waals surface area (Å²) in [6, 6.07) is 5.72. The Balaban J connectivity index is 1.90. The van der Waals surface area contributed by atoms with Gasteiger partial charge in [-0.2, -0.15) is 0 Å². The van der Waals surface area contributed by atoms with Gasteiger partial charge in [0.25, 0.3) is 0 Å². The van der Waals surface area contributed by atoms with E-state index in [9.17, 15) is 5.11 Å². The molecule has 1 heterocycles. The summed E-state index contributed by atoms with van der Waals surface area (Å²) in [5.41, 5.74) is 0.809. The Labute approximate surface area is 124 Å². The molecule has 1 aromatic heterocycles. The molecule has 0 bridgehead atoms. The molecule has 1 rings (SSSR count). The van der Waals surface area contributed by atoms with E-state index in [1.165, 1.54) is 57.8 Å². The quantitative estimate of drug-likeness (QED) is 0.517. The van der Waals surface area contributed by atoms with Gasteiger partial charge in [0.1, 0.15) is 0 Å². The van der Waals surface area contributed by atoms with Crippen molar-refractivity contribution in [2.45, 2.75) is 83.7 Å². The van der Waals surface area contributed by atoms with Crippen molar-refractivity contribution >= 4 is 0 Å². The monoisotopic (exact) mass is 277 g/mol. The zero-order chi connectivity index (χ0) is 14.5. The molecular formula is C18H31NO. The van der Waals surface area contributed by atoms with E-state index in [0.29, 0.717) is 0 Å². The molecular weight excluding hydrogens is 246 g/mol. The first-order valence-corrected chi connectivity index (χ1v) is 8.43. The van der Waals surface area contributed by atoms with Crippen molar-refractivity contribution in [2.24, 2.45) is 0 Å². The summed E-state index contributed by atoms with van der Waals surface area (Å²) in [5.74, 6) is 0. The minimum atomic E-state index is -0.384. The highest BCUT2D eigenvalue weighted by Crippen LogP contribution is 2.18. The summed E-state index contributed by atoms with van der Waals surface area (Å²) in [5, 5.41) is 9.98. The van der Waals surface area contributed by atoms with Crippen LogP contribution in [0.1, 0.15) is 89.4 Å². The first kappa shape index (κ1) is 17.2. The van der Waals surface area contributed by atoms with Crippen LogP contribution in [0.2, 0.25) is 0 Å². The zero-order valence-corrected chi connectivity index (χ0v) is 13.1. The van der Waals surface area contributed by atoms with Gasteiger partial charge >= 0.3 is 0 Å². The maximum absolute atomic E-state index is 9.98. The Morgan fingerprint density at radius 1 is 0.900 bits per heavy atom. The number of unbranched alkanes of at least 4 members (excludes halogenated alkanes) is 9. The summed E-state index contributed by atoms with van der Waals surface area (Å²) in [4.78, 5) is 4.19. The van der Waals surface area contributed by atoms with Gasteiger partial charge < -0.3 is 5.11 Å². The van der Waals surface area contributed by atoms with Crippen LogP contribution in [0.15, 0.2) is 24.4 Å². The normalized spacial score (nSPS) is 12.5. The number of rotatable bonds is 12. The minimum absolute atomic E-state index is 0.384. The van der Waals surface area contributed by atoms with Crippen LogP contribution in [0.3, 0.4) is 0 Å². The first-order valence-electron chi connectivity index (χ1n) is 8.43. The van der Waals surface area contributed by atoms with Gasteiger partial charge in [-0.25, -0.2) is 0 Å². The third-order valence-corrected chi connectivity index (χ3v) is 3.86. The van der Waals surface area contributed by atoms with Crippen LogP contribution in [-0.4, -0.2) is 10.1 Å². The van der Waals surface area contributed by atoms with Gasteiger partial charge in [0.2, 0.25) is 0 Å². The van der Waals surface area contributed by atoms with Crippen molar-refractivity contribution in [3.8, 4) is 0 Å². The van der Waals surface area contributed by atoms with Gasteiger partial charge in [-0.3, -0.25) is 4.98 Å². The van der Waals surface area contributed by atoms with E-state index in [4.69, 9.17) is 0 Å². The lowest BCUT2D eigenvalue weighted by Crippen LogP contribution is -1.99. The summed E-state index contributed by atoms with van der Waals surface area (Å²) < 4.78 is 0. The molecule has 20 heavy (non-hydrogen) atoms. The second-order valence-electron chi connectivity index (χ2n) is 5.74. The lowest BCUT2D eigenvalue weighted by Gasteiger charge is -2.09. The maximum atomic E-state index is 9.98. The van der Waals surface area contributed by atoms with E-state index in [1.54, 1.807) is 6.20 Å². The number of aromatic nitrogens is 1. The smallest absolute Gasteiger partial charge is 0.0959 e. The highest BCUT2D eigenvalue weighted by atomic mass is 16.3. The molecule has 114 valence electrons. The highest BCUT2D eigenvalue weighted by Gasteiger charge is 2.07. The third kappa shape index (κ3) is 8.31. The Morgan fingerprint density at radius 3 is 2.05 bits per heavy atom. The summed E-state index contributed by atoms with van der Waals surface area (Å²) >= 11 is 0. The lowest BCUT2D eigenvalue weighted by molar-refractivity contribution is 0.158. The number of aliphatic hydroxyl groups is 1. The molecule has 2 heteroatoms. The van der Waals surface area contributed by atoms with Gasteiger partial charge in [-0.05, 0) is 18.6 Å². The number of pyridine rings is 1. The van der Waals surface area contributed by atoms with Gasteiger partial charge in [-0.1, -0.05) is 77.2 Å². The average Bonchev–Trinajstić information content (AvgIpc) is 2.50. The molecule has 1 atom stereocenters. The molecule has 1 unspecified atom stereocenters. The van der Waals surface area contributed by atoms with Crippen LogP contribution in [0.5, 0.6) is 0 Å². The zero-order valence-electron chi connectivity index (χ0n) is 13.1. The minimum Gasteiger partial charge on any atom is -0.387 e. The molecule has 0 saturated carbocycles. The Kier molecular flexibility index (Phi) is 10.2. The van der Waals surface area contributed by atoms with Crippen molar-refractivity contribution in [3.63, 3.8) is 0 Å². The molecule has 0 fully saturated rings. The molecule has 0 aliphatic rings. The van der Waals surface area contributed by atoms with Crippen molar-refractivity contribution in [1.29, 1.82) is 0 Å². The molecule has 0 spiro atoms. The fourth-order valence-corrected chi connectivity index (χ4v) is 2.55. The number of hydrogen-bond donors (Lipinski definition) is 1. The Bertz CT molecular complexity index is 312. The fourth-order valence-electron chi connectivity index (χ4n) is 2.55. The second kappa shape index (κ2) is 11.9. The van der Waals surface area contributed by atoms with Crippen LogP contribution in [-0.2, 0) is 0 Å². The summed E-state index contributed by atoms with van der Waals surface area (Å²) in [6.45, 7) is 2.26. The van der Waals surface area contributed by atoms with E-state index in [0.717, 1.165) is 18.5 Å². The van der Waals surface area contributed by atoms with Crippen LogP contribution in [0.25, 0.3) is 0 Å². The summed E-state index contributed by atoms with van der Waals surface area (Å²) in [7, 11) is 0. The van der Waals surface area contributed by atoms with Crippen molar-refractivity contribution in [2.75, 3.05) is 0 Å². The largest absolute Gasteiger partial charge is 0.387 e. The van der Waals surface area contributed by atoms with Gasteiger partial charge in [0, 0.05) is 6.20 Å². The molecule has 0 aliphatic carbocycles. The van der Waals surface area contributed by atoms with E-state index >= 15 is 0 Å². The van der Waals surface area contributed by atoms with Crippen LogP contribution < -0.4 is 0 Å². The number of hydrogen-bond acceptors (Lipinski definition) is 2. The van der Waals surface area contributed by atoms with Crippen molar-refractivity contribution < 1.29 is 5.11 Å². The van der Waals surface area contributed by atoms with E-state index in [1.807, 2.05) is 18.2 Å². The molecule has 0 aromatic carbocycles. The molecule has 0 saturated heterocycles.